The molecule has 2 aromatic heterocycles. The van der Waals surface area contributed by atoms with Gasteiger partial charge in [-0.2, -0.15) is 0 Å². The summed E-state index contributed by atoms with van der Waals surface area (Å²) in [4.78, 5) is 24.6. The number of ether oxygens (including phenoxy) is 2. The molecule has 8 heteroatoms. The van der Waals surface area contributed by atoms with Crippen molar-refractivity contribution in [3.63, 3.8) is 0 Å². The summed E-state index contributed by atoms with van der Waals surface area (Å²) in [6, 6.07) is 9.53. The molecule has 6 nitrogen and oxygen atoms in total. The van der Waals surface area contributed by atoms with Crippen molar-refractivity contribution in [3.8, 4) is 11.5 Å². The summed E-state index contributed by atoms with van der Waals surface area (Å²) in [5.74, 6) is 2.17. The molecule has 138 valence electrons. The molecule has 2 heterocycles. The van der Waals surface area contributed by atoms with Crippen LogP contribution in [-0.4, -0.2) is 29.2 Å². The van der Waals surface area contributed by atoms with Gasteiger partial charge in [-0.25, -0.2) is 9.97 Å². The Kier molecular flexibility index (Phi) is 4.75. The van der Waals surface area contributed by atoms with E-state index in [4.69, 9.17) is 9.47 Å². The number of aromatic nitrogens is 3. The largest absolute Gasteiger partial charge is 0.493 e. The highest BCUT2D eigenvalue weighted by Gasteiger charge is 2.12. The molecule has 0 spiro atoms. The number of thiazole rings is 1. The predicted octanol–water partition coefficient (Wildman–Crippen LogP) is 4.15. The lowest BCUT2D eigenvalue weighted by Crippen LogP contribution is -2.11. The van der Waals surface area contributed by atoms with Crippen LogP contribution in [0.3, 0.4) is 0 Å². The Morgan fingerprint density at radius 3 is 2.67 bits per heavy atom. The molecule has 0 aliphatic heterocycles. The minimum Gasteiger partial charge on any atom is -0.493 e. The second-order valence-electron chi connectivity index (χ2n) is 5.93. The van der Waals surface area contributed by atoms with E-state index >= 15 is 0 Å². The van der Waals surface area contributed by atoms with Crippen molar-refractivity contribution in [3.05, 3.63) is 52.1 Å². The van der Waals surface area contributed by atoms with E-state index in [2.05, 4.69) is 34.0 Å². The number of para-hydroxylation sites is 1. The minimum absolute atomic E-state index is 0.198. The lowest BCUT2D eigenvalue weighted by atomic mass is 10.2. The maximum Gasteiger partial charge on any atom is 0.258 e. The number of hydrogen-bond donors (Lipinski definition) is 1. The van der Waals surface area contributed by atoms with Crippen molar-refractivity contribution in [1.29, 1.82) is 0 Å². The lowest BCUT2D eigenvalue weighted by molar-refractivity contribution is 0.355. The third-order valence-corrected chi connectivity index (χ3v) is 6.37. The number of thioether (sulfide) groups is 1. The second-order valence-corrected chi connectivity index (χ2v) is 8.18. The third kappa shape index (κ3) is 3.38. The van der Waals surface area contributed by atoms with Crippen molar-refractivity contribution >= 4 is 44.2 Å². The molecule has 0 radical (unpaired) electrons. The molecule has 0 aliphatic rings. The van der Waals surface area contributed by atoms with Crippen molar-refractivity contribution in [1.82, 2.24) is 15.0 Å². The van der Waals surface area contributed by atoms with Crippen LogP contribution < -0.4 is 15.0 Å². The average Bonchev–Trinajstić information content (AvgIpc) is 3.10. The van der Waals surface area contributed by atoms with Crippen LogP contribution in [0.4, 0.5) is 0 Å². The van der Waals surface area contributed by atoms with E-state index < -0.39 is 0 Å². The Balaban J connectivity index is 1.65. The average molecular weight is 399 g/mol. The fourth-order valence-corrected chi connectivity index (χ4v) is 4.85. The highest BCUT2D eigenvalue weighted by Crippen LogP contribution is 2.33. The summed E-state index contributed by atoms with van der Waals surface area (Å²) >= 11 is 3.21. The van der Waals surface area contributed by atoms with Gasteiger partial charge in [0.05, 0.1) is 41.1 Å². The van der Waals surface area contributed by atoms with Crippen LogP contribution in [0.25, 0.3) is 21.1 Å². The van der Waals surface area contributed by atoms with Gasteiger partial charge in [-0.1, -0.05) is 23.9 Å². The van der Waals surface area contributed by atoms with E-state index in [1.54, 1.807) is 42.3 Å². The van der Waals surface area contributed by atoms with Gasteiger partial charge in [-0.15, -0.1) is 11.3 Å². The first-order chi connectivity index (χ1) is 13.1. The van der Waals surface area contributed by atoms with E-state index in [1.165, 1.54) is 7.11 Å². The Morgan fingerprint density at radius 1 is 1.15 bits per heavy atom. The van der Waals surface area contributed by atoms with Gasteiger partial charge in [0.1, 0.15) is 5.82 Å². The van der Waals surface area contributed by atoms with E-state index in [0.717, 1.165) is 20.1 Å². The Hall–Kier alpha value is -2.58. The Morgan fingerprint density at radius 2 is 1.93 bits per heavy atom. The first kappa shape index (κ1) is 17.8. The monoisotopic (exact) mass is 399 g/mol. The molecular formula is C19H17N3O3S2. The van der Waals surface area contributed by atoms with Crippen LogP contribution in [0, 0.1) is 6.92 Å². The zero-order valence-corrected chi connectivity index (χ0v) is 16.7. The number of hydrogen-bond acceptors (Lipinski definition) is 7. The van der Waals surface area contributed by atoms with Gasteiger partial charge >= 0.3 is 0 Å². The Bertz CT molecular complexity index is 1200. The SMILES string of the molecule is COc1cc2nc(CSc3nc4c(C)cccc4s3)[nH]c(=O)c2cc1OC. The molecule has 4 aromatic rings. The molecule has 0 saturated carbocycles. The van der Waals surface area contributed by atoms with Gasteiger partial charge < -0.3 is 14.5 Å². The highest BCUT2D eigenvalue weighted by atomic mass is 32.2. The zero-order valence-electron chi connectivity index (χ0n) is 15.0. The molecule has 0 atom stereocenters. The molecule has 0 bridgehead atoms. The van der Waals surface area contributed by atoms with E-state index in [-0.39, 0.29) is 5.56 Å². The van der Waals surface area contributed by atoms with Crippen LogP contribution in [0.5, 0.6) is 11.5 Å². The maximum absolute atomic E-state index is 12.4. The number of rotatable bonds is 5. The summed E-state index contributed by atoms with van der Waals surface area (Å²) in [5, 5.41) is 0.469. The van der Waals surface area contributed by atoms with Gasteiger partial charge in [0.15, 0.2) is 15.8 Å². The highest BCUT2D eigenvalue weighted by molar-refractivity contribution is 8.00. The normalized spacial score (nSPS) is 11.2. The lowest BCUT2D eigenvalue weighted by Gasteiger charge is -2.09. The van der Waals surface area contributed by atoms with Gasteiger partial charge in [0, 0.05) is 6.07 Å². The number of benzene rings is 2. The van der Waals surface area contributed by atoms with Gasteiger partial charge in [0.2, 0.25) is 0 Å². The number of aromatic amines is 1. The molecule has 27 heavy (non-hydrogen) atoms. The fraction of sp³-hybridized carbons (Fsp3) is 0.211. The Labute approximate surface area is 163 Å². The fourth-order valence-electron chi connectivity index (χ4n) is 2.84. The first-order valence-electron chi connectivity index (χ1n) is 8.23. The van der Waals surface area contributed by atoms with Crippen molar-refractivity contribution in [2.45, 2.75) is 17.0 Å². The van der Waals surface area contributed by atoms with Crippen LogP contribution >= 0.6 is 23.1 Å². The van der Waals surface area contributed by atoms with Crippen LogP contribution in [0.1, 0.15) is 11.4 Å². The van der Waals surface area contributed by atoms with Crippen molar-refractivity contribution in [2.75, 3.05) is 14.2 Å². The van der Waals surface area contributed by atoms with Crippen molar-refractivity contribution in [2.24, 2.45) is 0 Å². The summed E-state index contributed by atoms with van der Waals surface area (Å²) in [6.07, 6.45) is 0. The quantitative estimate of drug-likeness (QED) is 0.508. The van der Waals surface area contributed by atoms with Crippen LogP contribution in [0.15, 0.2) is 39.5 Å². The molecule has 0 fully saturated rings. The predicted molar refractivity (Wildman–Crippen MR) is 109 cm³/mol. The number of methoxy groups -OCH3 is 2. The van der Waals surface area contributed by atoms with Gasteiger partial charge in [0.25, 0.3) is 5.56 Å². The number of aryl methyl sites for hydroxylation is 1. The number of nitrogens with one attached hydrogen (secondary N) is 1. The number of nitrogens with zero attached hydrogens (tertiary/aromatic N) is 2. The number of H-pyrrole nitrogens is 1. The summed E-state index contributed by atoms with van der Waals surface area (Å²) in [5.41, 5.74) is 2.57. The third-order valence-electron chi connectivity index (χ3n) is 4.19. The van der Waals surface area contributed by atoms with Crippen molar-refractivity contribution < 1.29 is 9.47 Å². The zero-order chi connectivity index (χ0) is 19.0. The van der Waals surface area contributed by atoms with Gasteiger partial charge in [-0.3, -0.25) is 4.79 Å². The molecule has 1 N–H and O–H groups in total. The van der Waals surface area contributed by atoms with E-state index in [9.17, 15) is 4.79 Å². The number of fused-ring (bicyclic) bond motifs is 2. The van der Waals surface area contributed by atoms with Crippen LogP contribution in [0.2, 0.25) is 0 Å². The maximum atomic E-state index is 12.4. The van der Waals surface area contributed by atoms with E-state index in [0.29, 0.717) is 34.0 Å². The molecule has 0 unspecified atom stereocenters. The molecule has 2 aromatic carbocycles. The summed E-state index contributed by atoms with van der Waals surface area (Å²) < 4.78 is 12.7. The molecule has 0 aliphatic carbocycles. The van der Waals surface area contributed by atoms with Crippen LogP contribution in [-0.2, 0) is 5.75 Å². The van der Waals surface area contributed by atoms with Gasteiger partial charge in [-0.05, 0) is 24.6 Å². The first-order valence-corrected chi connectivity index (χ1v) is 10.0. The summed E-state index contributed by atoms with van der Waals surface area (Å²) in [6.45, 7) is 2.06. The van der Waals surface area contributed by atoms with E-state index in [1.807, 2.05) is 6.07 Å². The smallest absolute Gasteiger partial charge is 0.258 e. The molecule has 0 saturated heterocycles. The molecule has 0 amide bonds. The molecule has 4 rings (SSSR count). The topological polar surface area (TPSA) is 77.1 Å². The molecular weight excluding hydrogens is 382 g/mol. The second kappa shape index (κ2) is 7.21. The summed E-state index contributed by atoms with van der Waals surface area (Å²) in [7, 11) is 3.10. The minimum atomic E-state index is -0.198. The standard InChI is InChI=1S/C19H17N3O3S2/c1-10-5-4-6-15-17(10)22-19(27-15)26-9-16-20-12-8-14(25-3)13(24-2)7-11(12)18(23)21-16/h4-8H,9H2,1-3H3,(H,20,21,23).